The number of nitrogens with one attached hydrogen (secondary N) is 2. The largest absolute Gasteiger partial charge is 0.306 e. The molecule has 0 unspecified atom stereocenters. The number of aromatic nitrogens is 6. The van der Waals surface area contributed by atoms with Gasteiger partial charge >= 0.3 is 0 Å². The number of para-hydroxylation sites is 1. The molecule has 0 aliphatic rings. The Bertz CT molecular complexity index is 1780. The number of H-pyrrole nitrogens is 1. The van der Waals surface area contributed by atoms with Crippen LogP contribution in [0.2, 0.25) is 0 Å². The number of benzene rings is 3. The third-order valence-electron chi connectivity index (χ3n) is 5.71. The lowest BCUT2D eigenvalue weighted by Crippen LogP contribution is -2.19. The average Bonchev–Trinajstić information content (AvgIpc) is 3.47. The van der Waals surface area contributed by atoms with E-state index in [1.165, 1.54) is 10.9 Å². The molecule has 1 amide bonds. The monoisotopic (exact) mass is 461 g/mol. The van der Waals surface area contributed by atoms with Gasteiger partial charge in [0.1, 0.15) is 11.2 Å². The highest BCUT2D eigenvalue weighted by atomic mass is 16.2. The Morgan fingerprint density at radius 3 is 2.51 bits per heavy atom. The molecule has 6 rings (SSSR count). The van der Waals surface area contributed by atoms with Crippen LogP contribution < -0.4 is 10.9 Å². The lowest BCUT2D eigenvalue weighted by molar-refractivity contribution is 0.102. The van der Waals surface area contributed by atoms with Gasteiger partial charge in [-0.1, -0.05) is 48.5 Å². The summed E-state index contributed by atoms with van der Waals surface area (Å²) in [5, 5.41) is 14.1. The van der Waals surface area contributed by atoms with Gasteiger partial charge in [-0.05, 0) is 42.0 Å². The third-order valence-corrected chi connectivity index (χ3v) is 5.71. The molecule has 0 aliphatic heterocycles. The molecule has 0 aliphatic carbocycles. The second-order valence-electron chi connectivity index (χ2n) is 8.12. The summed E-state index contributed by atoms with van der Waals surface area (Å²) in [4.78, 5) is 33.3. The summed E-state index contributed by atoms with van der Waals surface area (Å²) in [6.07, 6.45) is 1.48. The van der Waals surface area contributed by atoms with Gasteiger partial charge in [-0.3, -0.25) is 14.6 Å². The van der Waals surface area contributed by atoms with E-state index in [9.17, 15) is 9.59 Å². The Hall–Kier alpha value is -5.05. The van der Waals surface area contributed by atoms with Gasteiger partial charge in [0, 0.05) is 11.6 Å². The number of carbonyl (C=O) groups is 1. The molecule has 35 heavy (non-hydrogen) atoms. The topological polar surface area (TPSA) is 110 Å². The zero-order valence-electron chi connectivity index (χ0n) is 18.6. The molecule has 0 radical (unpaired) electrons. The number of nitrogens with zero attached hydrogens (tertiary/aromatic N) is 5. The van der Waals surface area contributed by atoms with Crippen molar-refractivity contribution >= 4 is 33.5 Å². The highest BCUT2D eigenvalue weighted by Crippen LogP contribution is 2.20. The minimum atomic E-state index is -0.355. The van der Waals surface area contributed by atoms with E-state index >= 15 is 0 Å². The maximum atomic E-state index is 13.1. The molecule has 6 aromatic rings. The molecule has 0 spiro atoms. The van der Waals surface area contributed by atoms with Gasteiger partial charge in [0.15, 0.2) is 5.65 Å². The third kappa shape index (κ3) is 3.65. The first kappa shape index (κ1) is 20.5. The summed E-state index contributed by atoms with van der Waals surface area (Å²) in [7, 11) is 0. The van der Waals surface area contributed by atoms with Crippen molar-refractivity contribution in [3.05, 3.63) is 107 Å². The summed E-state index contributed by atoms with van der Waals surface area (Å²) >= 11 is 0. The minimum Gasteiger partial charge on any atom is -0.306 e. The molecular weight excluding hydrogens is 442 g/mol. The first-order valence-corrected chi connectivity index (χ1v) is 11.0. The van der Waals surface area contributed by atoms with Crippen LogP contribution in [0, 0.1) is 6.92 Å². The Morgan fingerprint density at radius 1 is 0.914 bits per heavy atom. The Morgan fingerprint density at radius 2 is 1.69 bits per heavy atom. The maximum Gasteiger partial charge on any atom is 0.263 e. The second kappa shape index (κ2) is 8.07. The van der Waals surface area contributed by atoms with Gasteiger partial charge in [0.25, 0.3) is 11.5 Å². The van der Waals surface area contributed by atoms with Gasteiger partial charge in [-0.25, -0.2) is 4.68 Å². The maximum absolute atomic E-state index is 13.1. The van der Waals surface area contributed by atoms with Crippen molar-refractivity contribution in [1.82, 2.24) is 29.5 Å². The molecule has 0 atom stereocenters. The van der Waals surface area contributed by atoms with E-state index in [1.807, 2.05) is 66.7 Å². The van der Waals surface area contributed by atoms with E-state index in [-0.39, 0.29) is 17.4 Å². The summed E-state index contributed by atoms with van der Waals surface area (Å²) in [6.45, 7) is 1.80. The van der Waals surface area contributed by atoms with Crippen molar-refractivity contribution in [2.75, 3.05) is 5.32 Å². The van der Waals surface area contributed by atoms with Crippen molar-refractivity contribution in [2.45, 2.75) is 6.92 Å². The van der Waals surface area contributed by atoms with E-state index in [4.69, 9.17) is 0 Å². The van der Waals surface area contributed by atoms with E-state index in [0.717, 1.165) is 16.5 Å². The van der Waals surface area contributed by atoms with Crippen LogP contribution >= 0.6 is 0 Å². The van der Waals surface area contributed by atoms with Crippen LogP contribution in [0.5, 0.6) is 0 Å². The van der Waals surface area contributed by atoms with Crippen LogP contribution in [0.15, 0.2) is 89.9 Å². The average molecular weight is 461 g/mol. The quantitative estimate of drug-likeness (QED) is 0.412. The lowest BCUT2D eigenvalue weighted by atomic mass is 10.1. The second-order valence-corrected chi connectivity index (χ2v) is 8.12. The molecule has 2 N–H and O–H groups in total. The van der Waals surface area contributed by atoms with Crippen LogP contribution in [-0.4, -0.2) is 35.4 Å². The van der Waals surface area contributed by atoms with E-state index < -0.39 is 0 Å². The molecule has 9 nitrogen and oxygen atoms in total. The van der Waals surface area contributed by atoms with Gasteiger partial charge in [-0.15, -0.1) is 0 Å². The van der Waals surface area contributed by atoms with Crippen molar-refractivity contribution in [3.8, 4) is 11.6 Å². The SMILES string of the molecule is Cc1cc(NC(=O)c2ccc3ccccc3c2)n(-c2nc3c(cnn3-c3ccccc3)c(=O)[nH]2)n1. The number of hydrogen-bond donors (Lipinski definition) is 2. The fraction of sp³-hybridized carbons (Fsp3) is 0.0385. The summed E-state index contributed by atoms with van der Waals surface area (Å²) in [5.41, 5.74) is 1.96. The first-order valence-electron chi connectivity index (χ1n) is 11.0. The Balaban J connectivity index is 1.41. The molecular formula is C26H19N7O2. The summed E-state index contributed by atoms with van der Waals surface area (Å²) in [6, 6.07) is 24.5. The van der Waals surface area contributed by atoms with Crippen molar-refractivity contribution < 1.29 is 4.79 Å². The van der Waals surface area contributed by atoms with Gasteiger partial charge in [-0.2, -0.15) is 19.9 Å². The van der Waals surface area contributed by atoms with Crippen LogP contribution in [0.1, 0.15) is 16.1 Å². The molecule has 3 aromatic carbocycles. The number of aryl methyl sites for hydroxylation is 1. The number of hydrogen-bond acceptors (Lipinski definition) is 5. The normalized spacial score (nSPS) is 11.2. The molecule has 0 saturated heterocycles. The molecule has 170 valence electrons. The van der Waals surface area contributed by atoms with Crippen molar-refractivity contribution in [3.63, 3.8) is 0 Å². The summed E-state index contributed by atoms with van der Waals surface area (Å²) in [5.74, 6) is 0.255. The number of fused-ring (bicyclic) bond motifs is 2. The van der Waals surface area contributed by atoms with E-state index in [2.05, 4.69) is 25.5 Å². The molecule has 0 saturated carbocycles. The van der Waals surface area contributed by atoms with Crippen molar-refractivity contribution in [2.24, 2.45) is 0 Å². The predicted octanol–water partition coefficient (Wildman–Crippen LogP) is 4.01. The zero-order valence-corrected chi connectivity index (χ0v) is 18.6. The van der Waals surface area contributed by atoms with Gasteiger partial charge in [0.2, 0.25) is 5.95 Å². The number of rotatable bonds is 4. The molecule has 3 heterocycles. The highest BCUT2D eigenvalue weighted by Gasteiger charge is 2.17. The zero-order chi connectivity index (χ0) is 23.9. The smallest absolute Gasteiger partial charge is 0.263 e. The number of carbonyl (C=O) groups excluding carboxylic acids is 1. The number of anilines is 1. The minimum absolute atomic E-state index is 0.169. The number of amides is 1. The van der Waals surface area contributed by atoms with Crippen LogP contribution in [0.25, 0.3) is 33.4 Å². The molecule has 0 fully saturated rings. The highest BCUT2D eigenvalue weighted by molar-refractivity contribution is 6.06. The standard InChI is InChI=1S/C26H19N7O2/c1-16-13-22(28-24(34)19-12-11-17-7-5-6-8-18(17)14-19)33(31-16)26-29-23-21(25(35)30-26)15-27-32(23)20-9-3-2-4-10-20/h2-15H,1H3,(H,28,34)(H,29,30,35). The molecule has 9 heteroatoms. The molecule has 3 aromatic heterocycles. The van der Waals surface area contributed by atoms with Gasteiger partial charge in [0.05, 0.1) is 17.6 Å². The fourth-order valence-electron chi connectivity index (χ4n) is 4.03. The van der Waals surface area contributed by atoms with E-state index in [0.29, 0.717) is 28.1 Å². The van der Waals surface area contributed by atoms with Crippen LogP contribution in [0.3, 0.4) is 0 Å². The molecule has 0 bridgehead atoms. The number of aromatic amines is 1. The first-order chi connectivity index (χ1) is 17.1. The van der Waals surface area contributed by atoms with Crippen LogP contribution in [0.4, 0.5) is 5.82 Å². The lowest BCUT2D eigenvalue weighted by Gasteiger charge is -2.09. The van der Waals surface area contributed by atoms with Crippen molar-refractivity contribution in [1.29, 1.82) is 0 Å². The Labute approximate surface area is 198 Å². The van der Waals surface area contributed by atoms with Crippen LogP contribution in [-0.2, 0) is 0 Å². The summed E-state index contributed by atoms with van der Waals surface area (Å²) < 4.78 is 3.01. The van der Waals surface area contributed by atoms with Gasteiger partial charge < -0.3 is 5.32 Å². The Kier molecular flexibility index (Phi) is 4.74. The fourth-order valence-corrected chi connectivity index (χ4v) is 4.03. The van der Waals surface area contributed by atoms with E-state index in [1.54, 1.807) is 23.7 Å². The predicted molar refractivity (Wildman–Crippen MR) is 133 cm³/mol.